The zero-order valence-electron chi connectivity index (χ0n) is 9.41. The Kier molecular flexibility index (Phi) is 4.63. The van der Waals surface area contributed by atoms with Gasteiger partial charge < -0.3 is 9.84 Å². The first-order chi connectivity index (χ1) is 7.95. The van der Waals surface area contributed by atoms with Crippen molar-refractivity contribution in [2.75, 3.05) is 27.3 Å². The molecule has 1 rings (SSSR count). The van der Waals surface area contributed by atoms with Gasteiger partial charge in [-0.25, -0.2) is 13.2 Å². The number of methoxy groups -OCH3 is 1. The molecule has 96 valence electrons. The first kappa shape index (κ1) is 14.1. The van der Waals surface area contributed by atoms with Gasteiger partial charge >= 0.3 is 5.97 Å². The summed E-state index contributed by atoms with van der Waals surface area (Å²) in [6.45, 7) is -0.313. The first-order valence-electron chi connectivity index (χ1n) is 4.68. The van der Waals surface area contributed by atoms with Gasteiger partial charge in [0.2, 0.25) is 10.0 Å². The number of aliphatic hydroxyl groups is 1. The van der Waals surface area contributed by atoms with Crippen molar-refractivity contribution in [2.45, 2.75) is 4.90 Å². The molecule has 0 bridgehead atoms. The van der Waals surface area contributed by atoms with Gasteiger partial charge in [0.15, 0.2) is 0 Å². The summed E-state index contributed by atoms with van der Waals surface area (Å²) >= 11 is 1.00. The molecule has 1 aromatic heterocycles. The molecular weight excluding hydrogens is 266 g/mol. The third kappa shape index (κ3) is 2.83. The van der Waals surface area contributed by atoms with Crippen LogP contribution in [-0.4, -0.2) is 51.1 Å². The van der Waals surface area contributed by atoms with Crippen LogP contribution in [0.3, 0.4) is 0 Å². The lowest BCUT2D eigenvalue weighted by atomic mass is 10.5. The Morgan fingerprint density at radius 3 is 2.76 bits per heavy atom. The van der Waals surface area contributed by atoms with Crippen molar-refractivity contribution >= 4 is 27.3 Å². The van der Waals surface area contributed by atoms with Crippen molar-refractivity contribution in [3.63, 3.8) is 0 Å². The van der Waals surface area contributed by atoms with Gasteiger partial charge in [-0.2, -0.15) is 4.31 Å². The Morgan fingerprint density at radius 2 is 2.24 bits per heavy atom. The molecule has 0 aromatic carbocycles. The van der Waals surface area contributed by atoms with Crippen LogP contribution in [-0.2, 0) is 14.8 Å². The van der Waals surface area contributed by atoms with Gasteiger partial charge in [-0.05, 0) is 11.4 Å². The zero-order chi connectivity index (χ0) is 13.1. The second-order valence-corrected chi connectivity index (χ2v) is 6.09. The molecule has 0 aliphatic heterocycles. The number of hydrogen-bond acceptors (Lipinski definition) is 6. The molecule has 0 atom stereocenters. The van der Waals surface area contributed by atoms with E-state index >= 15 is 0 Å². The summed E-state index contributed by atoms with van der Waals surface area (Å²) in [5.41, 5.74) is 0. The van der Waals surface area contributed by atoms with Crippen LogP contribution in [0.2, 0.25) is 0 Å². The summed E-state index contributed by atoms with van der Waals surface area (Å²) in [6.07, 6.45) is 0. The van der Waals surface area contributed by atoms with E-state index in [1.807, 2.05) is 0 Å². The fraction of sp³-hybridized carbons (Fsp3) is 0.444. The Morgan fingerprint density at radius 1 is 1.59 bits per heavy atom. The molecule has 0 saturated heterocycles. The molecule has 0 aliphatic carbocycles. The third-order valence-electron chi connectivity index (χ3n) is 2.10. The van der Waals surface area contributed by atoms with Crippen LogP contribution in [0, 0.1) is 0 Å². The predicted molar refractivity (Wildman–Crippen MR) is 62.6 cm³/mol. The van der Waals surface area contributed by atoms with Gasteiger partial charge in [-0.15, -0.1) is 11.3 Å². The number of esters is 1. The number of nitrogens with zero attached hydrogens (tertiary/aromatic N) is 1. The van der Waals surface area contributed by atoms with Crippen molar-refractivity contribution in [3.8, 4) is 0 Å². The molecule has 6 nitrogen and oxygen atoms in total. The van der Waals surface area contributed by atoms with Gasteiger partial charge in [-0.3, -0.25) is 0 Å². The maximum absolute atomic E-state index is 12.0. The van der Waals surface area contributed by atoms with E-state index in [1.54, 1.807) is 0 Å². The molecule has 1 aromatic rings. The summed E-state index contributed by atoms with van der Waals surface area (Å²) in [5.74, 6) is -0.684. The van der Waals surface area contributed by atoms with E-state index in [1.165, 1.54) is 25.6 Å². The monoisotopic (exact) mass is 279 g/mol. The number of likely N-dealkylation sites (N-methyl/N-ethyl adjacent to an activating group) is 1. The van der Waals surface area contributed by atoms with Crippen LogP contribution in [0.4, 0.5) is 0 Å². The quantitative estimate of drug-likeness (QED) is 0.776. The highest BCUT2D eigenvalue weighted by Gasteiger charge is 2.27. The smallest absolute Gasteiger partial charge is 0.349 e. The highest BCUT2D eigenvalue weighted by atomic mass is 32.2. The van der Waals surface area contributed by atoms with Gasteiger partial charge in [0, 0.05) is 13.6 Å². The van der Waals surface area contributed by atoms with Crippen molar-refractivity contribution in [2.24, 2.45) is 0 Å². The summed E-state index contributed by atoms with van der Waals surface area (Å²) in [4.78, 5) is 11.3. The van der Waals surface area contributed by atoms with Gasteiger partial charge in [-0.1, -0.05) is 0 Å². The van der Waals surface area contributed by atoms with Crippen molar-refractivity contribution in [1.82, 2.24) is 4.31 Å². The molecule has 17 heavy (non-hydrogen) atoms. The summed E-state index contributed by atoms with van der Waals surface area (Å²) in [7, 11) is -1.23. The number of hydrogen-bond donors (Lipinski definition) is 1. The normalized spacial score (nSPS) is 11.8. The first-order valence-corrected chi connectivity index (χ1v) is 7.00. The van der Waals surface area contributed by atoms with Crippen LogP contribution in [0.25, 0.3) is 0 Å². The molecule has 0 spiro atoms. The van der Waals surface area contributed by atoms with E-state index in [0.717, 1.165) is 15.6 Å². The molecule has 8 heteroatoms. The summed E-state index contributed by atoms with van der Waals surface area (Å²) < 4.78 is 29.6. The van der Waals surface area contributed by atoms with Gasteiger partial charge in [0.1, 0.15) is 9.77 Å². The van der Waals surface area contributed by atoms with Crippen LogP contribution < -0.4 is 0 Å². The van der Waals surface area contributed by atoms with Crippen LogP contribution in [0.5, 0.6) is 0 Å². The standard InChI is InChI=1S/C9H13NO5S2/c1-10(4-5-11)17(13,14)7-3-6-16-8(7)9(12)15-2/h3,6,11H,4-5H2,1-2H3. The molecule has 0 unspecified atom stereocenters. The van der Waals surface area contributed by atoms with Crippen LogP contribution >= 0.6 is 11.3 Å². The van der Waals surface area contributed by atoms with Crippen LogP contribution in [0.1, 0.15) is 9.67 Å². The summed E-state index contributed by atoms with van der Waals surface area (Å²) in [6, 6.07) is 1.35. The molecule has 1 N–H and O–H groups in total. The molecular formula is C9H13NO5S2. The number of carbonyl (C=O) groups excluding carboxylic acids is 1. The predicted octanol–water partition coefficient (Wildman–Crippen LogP) is 0.148. The number of aliphatic hydroxyl groups excluding tert-OH is 1. The molecule has 0 amide bonds. The molecule has 0 aliphatic rings. The average Bonchev–Trinajstić information content (AvgIpc) is 2.77. The minimum absolute atomic E-state index is 0.0290. The lowest BCUT2D eigenvalue weighted by Crippen LogP contribution is -2.30. The van der Waals surface area contributed by atoms with Gasteiger partial charge in [0.05, 0.1) is 13.7 Å². The van der Waals surface area contributed by atoms with Crippen molar-refractivity contribution in [3.05, 3.63) is 16.3 Å². The van der Waals surface area contributed by atoms with E-state index in [0.29, 0.717) is 0 Å². The maximum atomic E-state index is 12.0. The highest BCUT2D eigenvalue weighted by molar-refractivity contribution is 7.89. The topological polar surface area (TPSA) is 83.9 Å². The van der Waals surface area contributed by atoms with Crippen molar-refractivity contribution < 1.29 is 23.1 Å². The van der Waals surface area contributed by atoms with E-state index < -0.39 is 16.0 Å². The van der Waals surface area contributed by atoms with Crippen LogP contribution in [0.15, 0.2) is 16.3 Å². The Labute approximate surface area is 103 Å². The van der Waals surface area contributed by atoms with Gasteiger partial charge in [0.25, 0.3) is 0 Å². The number of rotatable bonds is 5. The Balaban J connectivity index is 3.16. The maximum Gasteiger partial charge on any atom is 0.349 e. The van der Waals surface area contributed by atoms with E-state index in [9.17, 15) is 13.2 Å². The largest absolute Gasteiger partial charge is 0.465 e. The molecule has 1 heterocycles. The highest BCUT2D eigenvalue weighted by Crippen LogP contribution is 2.25. The SMILES string of the molecule is COC(=O)c1sccc1S(=O)(=O)N(C)CCO. The minimum Gasteiger partial charge on any atom is -0.465 e. The minimum atomic E-state index is -3.76. The number of thiophene rings is 1. The lowest BCUT2D eigenvalue weighted by molar-refractivity contribution is 0.0602. The second kappa shape index (κ2) is 5.58. The lowest BCUT2D eigenvalue weighted by Gasteiger charge is -2.15. The summed E-state index contributed by atoms with van der Waals surface area (Å²) in [5, 5.41) is 10.2. The third-order valence-corrected chi connectivity index (χ3v) is 5.03. The number of ether oxygens (including phenoxy) is 1. The fourth-order valence-electron chi connectivity index (χ4n) is 1.17. The Hall–Kier alpha value is -0.960. The van der Waals surface area contributed by atoms with Crippen molar-refractivity contribution in [1.29, 1.82) is 0 Å². The van der Waals surface area contributed by atoms with E-state index in [2.05, 4.69) is 4.74 Å². The van der Waals surface area contributed by atoms with E-state index in [4.69, 9.17) is 5.11 Å². The number of carbonyl (C=O) groups is 1. The van der Waals surface area contributed by atoms with E-state index in [-0.39, 0.29) is 22.9 Å². The molecule has 0 radical (unpaired) electrons. The Bertz CT molecular complexity index is 493. The second-order valence-electron chi connectivity index (χ2n) is 3.16. The fourth-order valence-corrected chi connectivity index (χ4v) is 3.64. The zero-order valence-corrected chi connectivity index (χ0v) is 11.0. The molecule has 0 saturated carbocycles. The molecule has 0 fully saturated rings. The number of sulfonamides is 1. The average molecular weight is 279 g/mol.